The number of H-pyrrole nitrogens is 1. The first-order valence-corrected chi connectivity index (χ1v) is 7.76. The maximum atomic E-state index is 13.6. The Labute approximate surface area is 146 Å². The molecule has 0 fully saturated rings. The Kier molecular flexibility index (Phi) is 3.57. The SMILES string of the molecule is Cn1cnc(-c2cc(C(=O)O)cc3cc(-c4ccc(F)c(F)c4)[nH]c23)c1. The van der Waals surface area contributed by atoms with Gasteiger partial charge >= 0.3 is 5.97 Å². The van der Waals surface area contributed by atoms with Gasteiger partial charge in [0.1, 0.15) is 0 Å². The molecule has 0 radical (unpaired) electrons. The van der Waals surface area contributed by atoms with Crippen LogP contribution in [0.25, 0.3) is 33.4 Å². The Hall–Kier alpha value is -3.48. The molecule has 0 amide bonds. The van der Waals surface area contributed by atoms with Crippen LogP contribution in [-0.4, -0.2) is 25.6 Å². The molecule has 2 N–H and O–H groups in total. The van der Waals surface area contributed by atoms with Crippen LogP contribution in [0.1, 0.15) is 10.4 Å². The topological polar surface area (TPSA) is 70.9 Å². The predicted octanol–water partition coefficient (Wildman–Crippen LogP) is 4.21. The number of aromatic nitrogens is 3. The largest absolute Gasteiger partial charge is 0.478 e. The molecule has 0 bridgehead atoms. The number of imidazole rings is 1. The highest BCUT2D eigenvalue weighted by atomic mass is 19.2. The summed E-state index contributed by atoms with van der Waals surface area (Å²) >= 11 is 0. The first-order valence-electron chi connectivity index (χ1n) is 7.76. The van der Waals surface area contributed by atoms with Crippen molar-refractivity contribution in [2.75, 3.05) is 0 Å². The standard InChI is InChI=1S/C19H13F2N3O2/c1-24-8-17(22-9-24)13-5-12(19(25)26)4-11-7-16(23-18(11)13)10-2-3-14(20)15(21)6-10/h2-9,23H,1H3,(H,25,26). The molecule has 7 heteroatoms. The summed E-state index contributed by atoms with van der Waals surface area (Å²) in [6.07, 6.45) is 3.40. The second-order valence-corrected chi connectivity index (χ2v) is 6.03. The van der Waals surface area contributed by atoms with Crippen LogP contribution in [0.15, 0.2) is 48.9 Å². The lowest BCUT2D eigenvalue weighted by Gasteiger charge is -2.03. The molecule has 130 valence electrons. The smallest absolute Gasteiger partial charge is 0.335 e. The number of hydrogen-bond donors (Lipinski definition) is 2. The normalized spacial score (nSPS) is 11.2. The summed E-state index contributed by atoms with van der Waals surface area (Å²) in [6, 6.07) is 8.39. The van der Waals surface area contributed by atoms with Gasteiger partial charge in [0.15, 0.2) is 11.6 Å². The Bertz CT molecular complexity index is 1160. The number of carboxylic acids is 1. The third kappa shape index (κ3) is 2.63. The molecule has 0 unspecified atom stereocenters. The van der Waals surface area contributed by atoms with Crippen LogP contribution in [0, 0.1) is 11.6 Å². The molecule has 4 aromatic rings. The molecule has 0 saturated heterocycles. The van der Waals surface area contributed by atoms with E-state index >= 15 is 0 Å². The molecule has 0 atom stereocenters. The number of hydrogen-bond acceptors (Lipinski definition) is 2. The van der Waals surface area contributed by atoms with E-state index in [1.807, 2.05) is 7.05 Å². The lowest BCUT2D eigenvalue weighted by Crippen LogP contribution is -1.96. The van der Waals surface area contributed by atoms with Crippen molar-refractivity contribution in [2.24, 2.45) is 7.05 Å². The highest BCUT2D eigenvalue weighted by molar-refractivity contribution is 6.02. The van der Waals surface area contributed by atoms with Gasteiger partial charge in [0.05, 0.1) is 23.1 Å². The van der Waals surface area contributed by atoms with Crippen LogP contribution < -0.4 is 0 Å². The molecule has 0 spiro atoms. The van der Waals surface area contributed by atoms with Gasteiger partial charge in [0.2, 0.25) is 0 Å². The average molecular weight is 353 g/mol. The summed E-state index contributed by atoms with van der Waals surface area (Å²) in [5.74, 6) is -2.93. The molecule has 0 aliphatic carbocycles. The van der Waals surface area contributed by atoms with E-state index in [0.29, 0.717) is 33.4 Å². The number of fused-ring (bicyclic) bond motifs is 1. The number of aromatic amines is 1. The van der Waals surface area contributed by atoms with E-state index in [4.69, 9.17) is 0 Å². The molecule has 2 aromatic heterocycles. The fraction of sp³-hybridized carbons (Fsp3) is 0.0526. The molecule has 2 aromatic carbocycles. The van der Waals surface area contributed by atoms with E-state index in [-0.39, 0.29) is 5.56 Å². The van der Waals surface area contributed by atoms with Gasteiger partial charge in [-0.15, -0.1) is 0 Å². The summed E-state index contributed by atoms with van der Waals surface area (Å²) in [5.41, 5.74) is 3.04. The van der Waals surface area contributed by atoms with Gasteiger partial charge in [0.25, 0.3) is 0 Å². The van der Waals surface area contributed by atoms with Crippen LogP contribution in [0.4, 0.5) is 8.78 Å². The van der Waals surface area contributed by atoms with E-state index < -0.39 is 17.6 Å². The number of halogens is 2. The van der Waals surface area contributed by atoms with E-state index in [1.54, 1.807) is 29.2 Å². The minimum Gasteiger partial charge on any atom is -0.478 e. The van der Waals surface area contributed by atoms with E-state index in [2.05, 4.69) is 9.97 Å². The fourth-order valence-electron chi connectivity index (χ4n) is 2.94. The number of carboxylic acid groups (broad SMARTS) is 1. The van der Waals surface area contributed by atoms with E-state index in [9.17, 15) is 18.7 Å². The van der Waals surface area contributed by atoms with Gasteiger partial charge in [-0.05, 0) is 36.4 Å². The zero-order valence-corrected chi connectivity index (χ0v) is 13.6. The van der Waals surface area contributed by atoms with Crippen molar-refractivity contribution in [1.82, 2.24) is 14.5 Å². The summed E-state index contributed by atoms with van der Waals surface area (Å²) in [5, 5.41) is 10.0. The number of rotatable bonds is 3. The van der Waals surface area contributed by atoms with Crippen molar-refractivity contribution < 1.29 is 18.7 Å². The molecule has 0 saturated carbocycles. The van der Waals surface area contributed by atoms with Gasteiger partial charge in [-0.2, -0.15) is 0 Å². The number of nitrogens with one attached hydrogen (secondary N) is 1. The average Bonchev–Trinajstić information content (AvgIpc) is 3.22. The van der Waals surface area contributed by atoms with Gasteiger partial charge in [-0.1, -0.05) is 0 Å². The number of carbonyl (C=O) groups is 1. The molecule has 2 heterocycles. The zero-order valence-electron chi connectivity index (χ0n) is 13.6. The Morgan fingerprint density at radius 2 is 1.96 bits per heavy atom. The number of nitrogens with zero attached hydrogens (tertiary/aromatic N) is 2. The van der Waals surface area contributed by atoms with Crippen molar-refractivity contribution in [1.29, 1.82) is 0 Å². The summed E-state index contributed by atoms with van der Waals surface area (Å²) in [6.45, 7) is 0. The van der Waals surface area contributed by atoms with E-state index in [1.165, 1.54) is 12.1 Å². The number of aryl methyl sites for hydroxylation is 1. The highest BCUT2D eigenvalue weighted by Gasteiger charge is 2.16. The summed E-state index contributed by atoms with van der Waals surface area (Å²) < 4.78 is 28.5. The van der Waals surface area contributed by atoms with Crippen LogP contribution in [0.2, 0.25) is 0 Å². The van der Waals surface area contributed by atoms with E-state index in [0.717, 1.165) is 12.1 Å². The monoisotopic (exact) mass is 353 g/mol. The third-order valence-electron chi connectivity index (χ3n) is 4.19. The second-order valence-electron chi connectivity index (χ2n) is 6.03. The maximum Gasteiger partial charge on any atom is 0.335 e. The van der Waals surface area contributed by atoms with Crippen LogP contribution >= 0.6 is 0 Å². The van der Waals surface area contributed by atoms with Gasteiger partial charge in [-0.25, -0.2) is 18.6 Å². The van der Waals surface area contributed by atoms with Crippen molar-refractivity contribution in [3.63, 3.8) is 0 Å². The molecule has 5 nitrogen and oxygen atoms in total. The molecular weight excluding hydrogens is 340 g/mol. The van der Waals surface area contributed by atoms with Crippen molar-refractivity contribution >= 4 is 16.9 Å². The fourth-order valence-corrected chi connectivity index (χ4v) is 2.94. The highest BCUT2D eigenvalue weighted by Crippen LogP contribution is 2.33. The molecule has 26 heavy (non-hydrogen) atoms. The number of aromatic carboxylic acids is 1. The first-order chi connectivity index (χ1) is 12.4. The van der Waals surface area contributed by atoms with Crippen LogP contribution in [0.3, 0.4) is 0 Å². The first kappa shape index (κ1) is 16.0. The predicted molar refractivity (Wildman–Crippen MR) is 92.8 cm³/mol. The number of benzene rings is 2. The summed E-state index contributed by atoms with van der Waals surface area (Å²) in [4.78, 5) is 18.9. The van der Waals surface area contributed by atoms with Gasteiger partial charge < -0.3 is 14.7 Å². The minimum atomic E-state index is -1.06. The molecular formula is C19H13F2N3O2. The quantitative estimate of drug-likeness (QED) is 0.579. The van der Waals surface area contributed by atoms with Gasteiger partial charge in [-0.3, -0.25) is 0 Å². The lowest BCUT2D eigenvalue weighted by atomic mass is 10.0. The van der Waals surface area contributed by atoms with Gasteiger partial charge in [0, 0.05) is 35.5 Å². The lowest BCUT2D eigenvalue weighted by molar-refractivity contribution is 0.0697. The van der Waals surface area contributed by atoms with Crippen molar-refractivity contribution in [3.8, 4) is 22.5 Å². The van der Waals surface area contributed by atoms with Crippen LogP contribution in [-0.2, 0) is 7.05 Å². The Morgan fingerprint density at radius 3 is 2.62 bits per heavy atom. The van der Waals surface area contributed by atoms with Crippen molar-refractivity contribution in [2.45, 2.75) is 0 Å². The minimum absolute atomic E-state index is 0.119. The Balaban J connectivity index is 1.96. The molecule has 0 aliphatic heterocycles. The van der Waals surface area contributed by atoms with Crippen molar-refractivity contribution in [3.05, 3.63) is 66.1 Å². The maximum absolute atomic E-state index is 13.6. The third-order valence-corrected chi connectivity index (χ3v) is 4.19. The zero-order chi connectivity index (χ0) is 18.4. The summed E-state index contributed by atoms with van der Waals surface area (Å²) in [7, 11) is 1.82. The molecule has 0 aliphatic rings. The Morgan fingerprint density at radius 1 is 1.15 bits per heavy atom. The molecule has 4 rings (SSSR count). The second kappa shape index (κ2) is 5.80. The van der Waals surface area contributed by atoms with Crippen LogP contribution in [0.5, 0.6) is 0 Å².